The number of aromatic carboxylic acids is 1. The molecule has 20 heavy (non-hydrogen) atoms. The normalized spacial score (nSPS) is 10.9. The Labute approximate surface area is 124 Å². The van der Waals surface area contributed by atoms with Gasteiger partial charge in [0.05, 0.1) is 0 Å². The van der Waals surface area contributed by atoms with Gasteiger partial charge < -0.3 is 9.52 Å². The van der Waals surface area contributed by atoms with Gasteiger partial charge in [0, 0.05) is 15.4 Å². The van der Waals surface area contributed by atoms with Gasteiger partial charge in [-0.2, -0.15) is 0 Å². The van der Waals surface area contributed by atoms with Crippen LogP contribution in [0.1, 0.15) is 16.1 Å². The minimum atomic E-state index is -1.06. The highest BCUT2D eigenvalue weighted by atomic mass is 79.9. The van der Waals surface area contributed by atoms with Gasteiger partial charge in [-0.15, -0.1) is 0 Å². The van der Waals surface area contributed by atoms with Crippen LogP contribution in [0.5, 0.6) is 0 Å². The topological polar surface area (TPSA) is 50.4 Å². The molecular weight excluding hydrogens is 320 g/mol. The van der Waals surface area contributed by atoms with Crippen molar-refractivity contribution in [2.24, 2.45) is 0 Å². The molecule has 1 aromatic heterocycles. The number of carboxylic acids is 1. The van der Waals surface area contributed by atoms with Crippen LogP contribution in [0.3, 0.4) is 0 Å². The molecular formula is C16H11BrO3. The van der Waals surface area contributed by atoms with E-state index in [-0.39, 0.29) is 5.76 Å². The Hall–Kier alpha value is -2.07. The van der Waals surface area contributed by atoms with Crippen LogP contribution < -0.4 is 0 Å². The van der Waals surface area contributed by atoms with Gasteiger partial charge in [-0.25, -0.2) is 4.79 Å². The fourth-order valence-corrected chi connectivity index (χ4v) is 2.94. The number of hydrogen-bond donors (Lipinski definition) is 1. The van der Waals surface area contributed by atoms with Crippen LogP contribution in [-0.4, -0.2) is 11.1 Å². The Kier molecular flexibility index (Phi) is 3.10. The van der Waals surface area contributed by atoms with Gasteiger partial charge in [-0.05, 0) is 30.2 Å². The zero-order chi connectivity index (χ0) is 14.3. The van der Waals surface area contributed by atoms with E-state index in [1.807, 2.05) is 49.4 Å². The molecule has 0 amide bonds. The number of rotatable bonds is 2. The lowest BCUT2D eigenvalue weighted by atomic mass is 10.0. The molecule has 0 fully saturated rings. The number of furan rings is 1. The van der Waals surface area contributed by atoms with Crippen LogP contribution in [-0.2, 0) is 0 Å². The van der Waals surface area contributed by atoms with Crippen molar-refractivity contribution in [2.45, 2.75) is 6.92 Å². The van der Waals surface area contributed by atoms with Gasteiger partial charge in [-0.3, -0.25) is 0 Å². The molecule has 0 radical (unpaired) electrons. The molecule has 0 spiro atoms. The second-order valence-corrected chi connectivity index (χ2v) is 5.49. The van der Waals surface area contributed by atoms with E-state index >= 15 is 0 Å². The van der Waals surface area contributed by atoms with Gasteiger partial charge in [-0.1, -0.05) is 46.3 Å². The summed E-state index contributed by atoms with van der Waals surface area (Å²) in [5.41, 5.74) is 2.97. The van der Waals surface area contributed by atoms with Crippen LogP contribution >= 0.6 is 15.9 Å². The predicted octanol–water partition coefficient (Wildman–Crippen LogP) is 4.87. The number of carboxylic acid groups (broad SMARTS) is 1. The number of benzene rings is 2. The van der Waals surface area contributed by atoms with Gasteiger partial charge in [0.1, 0.15) is 5.58 Å². The summed E-state index contributed by atoms with van der Waals surface area (Å²) < 4.78 is 6.48. The van der Waals surface area contributed by atoms with Crippen LogP contribution in [0, 0.1) is 6.92 Å². The van der Waals surface area contributed by atoms with Crippen molar-refractivity contribution >= 4 is 32.9 Å². The molecule has 3 nitrogen and oxygen atoms in total. The van der Waals surface area contributed by atoms with E-state index in [0.717, 1.165) is 21.0 Å². The summed E-state index contributed by atoms with van der Waals surface area (Å²) >= 11 is 3.45. The Morgan fingerprint density at radius 2 is 1.90 bits per heavy atom. The molecule has 0 saturated carbocycles. The average molecular weight is 331 g/mol. The molecule has 100 valence electrons. The van der Waals surface area contributed by atoms with Crippen molar-refractivity contribution in [2.75, 3.05) is 0 Å². The molecule has 2 aromatic carbocycles. The van der Waals surface area contributed by atoms with E-state index in [9.17, 15) is 9.90 Å². The Balaban J connectivity index is 2.44. The Bertz CT molecular complexity index is 803. The lowest BCUT2D eigenvalue weighted by Gasteiger charge is -2.01. The van der Waals surface area contributed by atoms with Crippen LogP contribution in [0.2, 0.25) is 0 Å². The highest BCUT2D eigenvalue weighted by Crippen LogP contribution is 2.37. The van der Waals surface area contributed by atoms with E-state index in [0.29, 0.717) is 11.1 Å². The highest BCUT2D eigenvalue weighted by Gasteiger charge is 2.22. The largest absolute Gasteiger partial charge is 0.475 e. The first-order valence-corrected chi connectivity index (χ1v) is 6.88. The molecule has 3 aromatic rings. The SMILES string of the molecule is Cc1cc(Br)cc2c(-c3ccccc3)c(C(=O)O)oc12. The summed E-state index contributed by atoms with van der Waals surface area (Å²) in [5, 5.41) is 10.2. The van der Waals surface area contributed by atoms with E-state index in [1.165, 1.54) is 0 Å². The van der Waals surface area contributed by atoms with E-state index in [1.54, 1.807) is 0 Å². The first kappa shape index (κ1) is 12.9. The van der Waals surface area contributed by atoms with Crippen molar-refractivity contribution < 1.29 is 14.3 Å². The van der Waals surface area contributed by atoms with Crippen LogP contribution in [0.4, 0.5) is 0 Å². The quantitative estimate of drug-likeness (QED) is 0.729. The fraction of sp³-hybridized carbons (Fsp3) is 0.0625. The minimum Gasteiger partial charge on any atom is -0.475 e. The maximum absolute atomic E-state index is 11.5. The van der Waals surface area contributed by atoms with Crippen molar-refractivity contribution in [3.8, 4) is 11.1 Å². The van der Waals surface area contributed by atoms with E-state index in [2.05, 4.69) is 15.9 Å². The first-order chi connectivity index (χ1) is 9.58. The summed E-state index contributed by atoms with van der Waals surface area (Å²) in [5.74, 6) is -1.08. The molecule has 0 unspecified atom stereocenters. The zero-order valence-electron chi connectivity index (χ0n) is 10.7. The van der Waals surface area contributed by atoms with Gasteiger partial charge in [0.15, 0.2) is 0 Å². The zero-order valence-corrected chi connectivity index (χ0v) is 12.3. The van der Waals surface area contributed by atoms with Gasteiger partial charge in [0.2, 0.25) is 5.76 Å². The Morgan fingerprint density at radius 1 is 1.20 bits per heavy atom. The van der Waals surface area contributed by atoms with E-state index in [4.69, 9.17) is 4.42 Å². The molecule has 3 rings (SSSR count). The predicted molar refractivity (Wildman–Crippen MR) is 81.0 cm³/mol. The molecule has 4 heteroatoms. The molecule has 0 saturated heterocycles. The molecule has 1 N–H and O–H groups in total. The monoisotopic (exact) mass is 330 g/mol. The maximum Gasteiger partial charge on any atom is 0.372 e. The maximum atomic E-state index is 11.5. The van der Waals surface area contributed by atoms with E-state index < -0.39 is 5.97 Å². The fourth-order valence-electron chi connectivity index (χ4n) is 2.37. The summed E-state index contributed by atoms with van der Waals surface area (Å²) in [4.78, 5) is 11.5. The molecule has 1 heterocycles. The lowest BCUT2D eigenvalue weighted by molar-refractivity contribution is 0.0666. The summed E-state index contributed by atoms with van der Waals surface area (Å²) in [7, 11) is 0. The molecule has 0 aliphatic heterocycles. The molecule has 0 aliphatic carbocycles. The van der Waals surface area contributed by atoms with Crippen molar-refractivity contribution in [1.29, 1.82) is 0 Å². The summed E-state index contributed by atoms with van der Waals surface area (Å²) in [6.07, 6.45) is 0. The van der Waals surface area contributed by atoms with Crippen LogP contribution in [0.15, 0.2) is 51.4 Å². The third-order valence-corrected chi connectivity index (χ3v) is 3.65. The molecule has 0 bridgehead atoms. The highest BCUT2D eigenvalue weighted by molar-refractivity contribution is 9.10. The summed E-state index contributed by atoms with van der Waals surface area (Å²) in [6.45, 7) is 1.90. The first-order valence-electron chi connectivity index (χ1n) is 6.09. The van der Waals surface area contributed by atoms with Crippen molar-refractivity contribution in [3.63, 3.8) is 0 Å². The number of carbonyl (C=O) groups is 1. The van der Waals surface area contributed by atoms with Gasteiger partial charge >= 0.3 is 5.97 Å². The second-order valence-electron chi connectivity index (χ2n) is 4.58. The molecule has 0 atom stereocenters. The third-order valence-electron chi connectivity index (χ3n) is 3.20. The summed E-state index contributed by atoms with van der Waals surface area (Å²) in [6, 6.07) is 13.2. The molecule has 0 aliphatic rings. The number of hydrogen-bond acceptors (Lipinski definition) is 2. The standard InChI is InChI=1S/C16H11BrO3/c1-9-7-11(17)8-12-13(10-5-3-2-4-6-10)15(16(18)19)20-14(9)12/h2-8H,1H3,(H,18,19). The Morgan fingerprint density at radius 3 is 2.55 bits per heavy atom. The number of halogens is 1. The van der Waals surface area contributed by atoms with Crippen molar-refractivity contribution in [1.82, 2.24) is 0 Å². The second kappa shape index (κ2) is 4.80. The number of fused-ring (bicyclic) bond motifs is 1. The third kappa shape index (κ3) is 2.02. The lowest BCUT2D eigenvalue weighted by Crippen LogP contribution is -1.95. The minimum absolute atomic E-state index is 0.0209. The van der Waals surface area contributed by atoms with Crippen LogP contribution in [0.25, 0.3) is 22.1 Å². The van der Waals surface area contributed by atoms with Crippen molar-refractivity contribution in [3.05, 3.63) is 58.3 Å². The average Bonchev–Trinajstić information content (AvgIpc) is 2.79. The smallest absolute Gasteiger partial charge is 0.372 e. The van der Waals surface area contributed by atoms with Gasteiger partial charge in [0.25, 0.3) is 0 Å². The number of aryl methyl sites for hydroxylation is 1.